The van der Waals surface area contributed by atoms with Gasteiger partial charge in [0, 0.05) is 12.6 Å². The second-order valence-corrected chi connectivity index (χ2v) is 4.52. The van der Waals surface area contributed by atoms with Gasteiger partial charge in [-0.1, -0.05) is 0 Å². The molecule has 0 bridgehead atoms. The predicted octanol–water partition coefficient (Wildman–Crippen LogP) is 0.629. The van der Waals surface area contributed by atoms with Crippen molar-refractivity contribution >= 4 is 11.9 Å². The van der Waals surface area contributed by atoms with E-state index >= 15 is 0 Å². The molecule has 1 saturated heterocycles. The molecule has 114 valence electrons. The number of rotatable bonds is 4. The van der Waals surface area contributed by atoms with Gasteiger partial charge in [-0.2, -0.15) is 0 Å². The Labute approximate surface area is 122 Å². The van der Waals surface area contributed by atoms with Gasteiger partial charge in [-0.15, -0.1) is 0 Å². The molecule has 1 aromatic carbocycles. The number of hydrogen-bond acceptors (Lipinski definition) is 5. The smallest absolute Gasteiger partial charge is 0.334 e. The van der Waals surface area contributed by atoms with Crippen LogP contribution in [-0.2, 0) is 9.53 Å². The first-order valence-corrected chi connectivity index (χ1v) is 6.42. The molecule has 1 amide bonds. The molecule has 7 nitrogen and oxygen atoms in total. The van der Waals surface area contributed by atoms with Crippen molar-refractivity contribution < 1.29 is 28.9 Å². The van der Waals surface area contributed by atoms with Gasteiger partial charge in [0.05, 0.1) is 32.9 Å². The molecule has 7 heteroatoms. The summed E-state index contributed by atoms with van der Waals surface area (Å²) in [5, 5.41) is 8.97. The van der Waals surface area contributed by atoms with Crippen LogP contribution < -0.4 is 9.47 Å². The van der Waals surface area contributed by atoms with Gasteiger partial charge in [0.15, 0.2) is 6.10 Å². The summed E-state index contributed by atoms with van der Waals surface area (Å²) in [7, 11) is 2.99. The minimum absolute atomic E-state index is 0.0172. The standard InChI is InChI=1S/C14H17NO6/c1-19-9-3-4-10(11(7-9)20-2)13(16)15-5-6-21-12(8-15)14(17)18/h3-4,7,12H,5-6,8H2,1-2H3,(H,17,18)/t12-/m1/s1. The van der Waals surface area contributed by atoms with Crippen molar-refractivity contribution in [1.82, 2.24) is 4.90 Å². The van der Waals surface area contributed by atoms with Gasteiger partial charge in [0.2, 0.25) is 0 Å². The number of methoxy groups -OCH3 is 2. The summed E-state index contributed by atoms with van der Waals surface area (Å²) in [6.45, 7) is 0.558. The van der Waals surface area contributed by atoms with Crippen LogP contribution in [0.5, 0.6) is 11.5 Å². The summed E-state index contributed by atoms with van der Waals surface area (Å²) in [5.74, 6) is -0.398. The quantitative estimate of drug-likeness (QED) is 0.877. The highest BCUT2D eigenvalue weighted by molar-refractivity contribution is 5.97. The number of ether oxygens (including phenoxy) is 3. The van der Waals surface area contributed by atoms with Crippen molar-refractivity contribution in [2.45, 2.75) is 6.10 Å². The van der Waals surface area contributed by atoms with Gasteiger partial charge in [-0.05, 0) is 12.1 Å². The Morgan fingerprint density at radius 2 is 2.10 bits per heavy atom. The first-order valence-electron chi connectivity index (χ1n) is 6.42. The lowest BCUT2D eigenvalue weighted by atomic mass is 10.1. The molecule has 1 aliphatic rings. The molecule has 1 fully saturated rings. The van der Waals surface area contributed by atoms with Gasteiger partial charge in [0.1, 0.15) is 11.5 Å². The average molecular weight is 295 g/mol. The fourth-order valence-electron chi connectivity index (χ4n) is 2.13. The molecule has 0 saturated carbocycles. The SMILES string of the molecule is COc1ccc(C(=O)N2CCO[C@@H](C(=O)O)C2)c(OC)c1. The Balaban J connectivity index is 2.21. The summed E-state index contributed by atoms with van der Waals surface area (Å²) >= 11 is 0. The zero-order valence-corrected chi connectivity index (χ0v) is 11.9. The second-order valence-electron chi connectivity index (χ2n) is 4.52. The summed E-state index contributed by atoms with van der Waals surface area (Å²) in [6, 6.07) is 4.87. The molecular weight excluding hydrogens is 278 g/mol. The van der Waals surface area contributed by atoms with Crippen LogP contribution in [0, 0.1) is 0 Å². The minimum Gasteiger partial charge on any atom is -0.497 e. The van der Waals surface area contributed by atoms with E-state index < -0.39 is 12.1 Å². The van der Waals surface area contributed by atoms with Crippen molar-refractivity contribution in [3.63, 3.8) is 0 Å². The Bertz CT molecular complexity index is 544. The lowest BCUT2D eigenvalue weighted by molar-refractivity contribution is -0.154. The monoisotopic (exact) mass is 295 g/mol. The van der Waals surface area contributed by atoms with Crippen molar-refractivity contribution in [3.05, 3.63) is 23.8 Å². The minimum atomic E-state index is -1.07. The predicted molar refractivity (Wildman–Crippen MR) is 72.8 cm³/mol. The average Bonchev–Trinajstić information content (AvgIpc) is 2.53. The highest BCUT2D eigenvalue weighted by Crippen LogP contribution is 2.26. The molecule has 1 aliphatic heterocycles. The van der Waals surface area contributed by atoms with Crippen LogP contribution >= 0.6 is 0 Å². The van der Waals surface area contributed by atoms with Gasteiger partial charge in [-0.25, -0.2) is 4.79 Å². The van der Waals surface area contributed by atoms with Crippen LogP contribution in [0.4, 0.5) is 0 Å². The fourth-order valence-corrected chi connectivity index (χ4v) is 2.13. The molecule has 0 radical (unpaired) electrons. The summed E-state index contributed by atoms with van der Waals surface area (Å²) in [6.07, 6.45) is -0.994. The number of morpholine rings is 1. The topological polar surface area (TPSA) is 85.3 Å². The molecule has 1 atom stereocenters. The molecule has 0 aliphatic carbocycles. The van der Waals surface area contributed by atoms with E-state index in [9.17, 15) is 9.59 Å². The fraction of sp³-hybridized carbons (Fsp3) is 0.429. The second kappa shape index (κ2) is 6.45. The molecule has 0 unspecified atom stereocenters. The number of carbonyl (C=O) groups is 2. The van der Waals surface area contributed by atoms with Crippen LogP contribution in [0.3, 0.4) is 0 Å². The number of carbonyl (C=O) groups excluding carboxylic acids is 1. The number of amides is 1. The maximum atomic E-state index is 12.5. The number of hydrogen-bond donors (Lipinski definition) is 1. The molecule has 1 N–H and O–H groups in total. The number of benzene rings is 1. The van der Waals surface area contributed by atoms with E-state index in [0.717, 1.165) is 0 Å². The van der Waals surface area contributed by atoms with Gasteiger partial charge in [-0.3, -0.25) is 4.79 Å². The zero-order chi connectivity index (χ0) is 15.4. The first kappa shape index (κ1) is 15.1. The largest absolute Gasteiger partial charge is 0.497 e. The van der Waals surface area contributed by atoms with Crippen LogP contribution in [0.2, 0.25) is 0 Å². The van der Waals surface area contributed by atoms with E-state index in [0.29, 0.717) is 23.6 Å². The Morgan fingerprint density at radius 3 is 2.71 bits per heavy atom. The van der Waals surface area contributed by atoms with E-state index in [1.165, 1.54) is 19.1 Å². The van der Waals surface area contributed by atoms with Crippen molar-refractivity contribution in [2.24, 2.45) is 0 Å². The van der Waals surface area contributed by atoms with E-state index in [4.69, 9.17) is 19.3 Å². The normalized spacial score (nSPS) is 18.2. The summed E-state index contributed by atoms with van der Waals surface area (Å²) < 4.78 is 15.4. The number of nitrogens with zero attached hydrogens (tertiary/aromatic N) is 1. The summed E-state index contributed by atoms with van der Waals surface area (Å²) in [4.78, 5) is 24.9. The maximum Gasteiger partial charge on any atom is 0.334 e. The van der Waals surface area contributed by atoms with Crippen molar-refractivity contribution in [3.8, 4) is 11.5 Å². The van der Waals surface area contributed by atoms with E-state index in [1.54, 1.807) is 18.2 Å². The Morgan fingerprint density at radius 1 is 1.33 bits per heavy atom. The third-order valence-electron chi connectivity index (χ3n) is 3.27. The van der Waals surface area contributed by atoms with E-state index in [2.05, 4.69) is 0 Å². The molecule has 0 aromatic heterocycles. The third kappa shape index (κ3) is 3.25. The number of carboxylic acid groups (broad SMARTS) is 1. The lowest BCUT2D eigenvalue weighted by Gasteiger charge is -2.31. The van der Waals surface area contributed by atoms with Crippen LogP contribution in [0.1, 0.15) is 10.4 Å². The van der Waals surface area contributed by atoms with Crippen LogP contribution in [-0.4, -0.2) is 61.9 Å². The molecule has 1 aromatic rings. The van der Waals surface area contributed by atoms with E-state index in [-0.39, 0.29) is 19.1 Å². The highest BCUT2D eigenvalue weighted by Gasteiger charge is 2.30. The molecule has 2 rings (SSSR count). The van der Waals surface area contributed by atoms with Gasteiger partial charge < -0.3 is 24.2 Å². The molecular formula is C14H17NO6. The lowest BCUT2D eigenvalue weighted by Crippen LogP contribution is -2.48. The first-order chi connectivity index (χ1) is 10.1. The number of aliphatic carboxylic acids is 1. The number of carboxylic acids is 1. The molecule has 0 spiro atoms. The Kier molecular flexibility index (Phi) is 4.64. The van der Waals surface area contributed by atoms with Gasteiger partial charge >= 0.3 is 5.97 Å². The summed E-state index contributed by atoms with van der Waals surface area (Å²) in [5.41, 5.74) is 0.365. The van der Waals surface area contributed by atoms with Crippen LogP contribution in [0.15, 0.2) is 18.2 Å². The highest BCUT2D eigenvalue weighted by atomic mass is 16.5. The van der Waals surface area contributed by atoms with Crippen molar-refractivity contribution in [2.75, 3.05) is 33.9 Å². The Hall–Kier alpha value is -2.28. The van der Waals surface area contributed by atoms with Crippen LogP contribution in [0.25, 0.3) is 0 Å². The zero-order valence-electron chi connectivity index (χ0n) is 11.9. The van der Waals surface area contributed by atoms with E-state index in [1.807, 2.05) is 0 Å². The third-order valence-corrected chi connectivity index (χ3v) is 3.27. The molecule has 1 heterocycles. The van der Waals surface area contributed by atoms with Gasteiger partial charge in [0.25, 0.3) is 5.91 Å². The van der Waals surface area contributed by atoms with Crippen molar-refractivity contribution in [1.29, 1.82) is 0 Å². The molecule has 21 heavy (non-hydrogen) atoms. The maximum absolute atomic E-state index is 12.5.